The maximum Gasteiger partial charge on any atom is 0.220 e. The number of hydrogen-bond donors (Lipinski definition) is 0. The van der Waals surface area contributed by atoms with E-state index in [1.165, 1.54) is 11.1 Å². The Bertz CT molecular complexity index is 395. The van der Waals surface area contributed by atoms with Crippen LogP contribution in [0.3, 0.4) is 0 Å². The molecule has 79 valence electrons. The fourth-order valence-corrected chi connectivity index (χ4v) is 2.48. The highest BCUT2D eigenvalue weighted by Crippen LogP contribution is 2.34. The second kappa shape index (κ2) is 3.37. The van der Waals surface area contributed by atoms with E-state index in [4.69, 9.17) is 0 Å². The molecular weight excluding hydrogens is 186 g/mol. The predicted octanol–water partition coefficient (Wildman–Crippen LogP) is 2.13. The van der Waals surface area contributed by atoms with Crippen molar-refractivity contribution in [1.82, 2.24) is 4.90 Å². The maximum atomic E-state index is 11.5. The van der Waals surface area contributed by atoms with Crippen molar-refractivity contribution in [2.45, 2.75) is 32.7 Å². The summed E-state index contributed by atoms with van der Waals surface area (Å²) in [5.41, 5.74) is 2.39. The van der Waals surface area contributed by atoms with E-state index in [-0.39, 0.29) is 11.4 Å². The van der Waals surface area contributed by atoms with Gasteiger partial charge in [0.1, 0.15) is 0 Å². The molecule has 0 aliphatic carbocycles. The highest BCUT2D eigenvalue weighted by Gasteiger charge is 2.35. The molecule has 1 aromatic carbocycles. The first-order chi connectivity index (χ1) is 7.03. The average Bonchev–Trinajstić information content (AvgIpc) is 2.17. The Balaban J connectivity index is 2.49. The quantitative estimate of drug-likeness (QED) is 0.631. The summed E-state index contributed by atoms with van der Waals surface area (Å²) in [6.07, 6.45) is 0.940. The molecule has 0 spiro atoms. The van der Waals surface area contributed by atoms with Gasteiger partial charge in [-0.25, -0.2) is 0 Å². The second-order valence-electron chi connectivity index (χ2n) is 4.56. The third-order valence-electron chi connectivity index (χ3n) is 3.27. The molecule has 2 heteroatoms. The molecule has 2 rings (SSSR count). The van der Waals surface area contributed by atoms with Gasteiger partial charge in [-0.1, -0.05) is 18.2 Å². The molecule has 15 heavy (non-hydrogen) atoms. The molecule has 1 aliphatic rings. The summed E-state index contributed by atoms with van der Waals surface area (Å²) in [5, 5.41) is 0. The lowest BCUT2D eigenvalue weighted by atomic mass is 9.83. The van der Waals surface area contributed by atoms with Gasteiger partial charge in [0.25, 0.3) is 0 Å². The zero-order valence-corrected chi connectivity index (χ0v) is 9.50. The van der Waals surface area contributed by atoms with E-state index in [0.717, 1.165) is 13.0 Å². The summed E-state index contributed by atoms with van der Waals surface area (Å²) in [6, 6.07) is 9.13. The fourth-order valence-electron chi connectivity index (χ4n) is 2.48. The number of carbonyl (C=O) groups is 1. The van der Waals surface area contributed by atoms with E-state index in [1.807, 2.05) is 17.0 Å². The van der Waals surface area contributed by atoms with E-state index in [9.17, 15) is 4.79 Å². The molecule has 1 aromatic rings. The molecule has 1 radical (unpaired) electrons. The molecule has 0 atom stereocenters. The lowest BCUT2D eigenvalue weighted by molar-refractivity contribution is -0.135. The summed E-state index contributed by atoms with van der Waals surface area (Å²) in [6.45, 7) is 6.66. The highest BCUT2D eigenvalue weighted by molar-refractivity contribution is 5.75. The number of carbonyl (C=O) groups excluding carboxylic acids is 1. The first-order valence-electron chi connectivity index (χ1n) is 5.31. The molecular formula is C13H16NO. The summed E-state index contributed by atoms with van der Waals surface area (Å²) in [7, 11) is 0. The van der Waals surface area contributed by atoms with Gasteiger partial charge >= 0.3 is 0 Å². The standard InChI is InChI=1S/C13H16NO/c1-10(15)14-9-8-11-6-4-5-7-12(11)13(14,2)3/h5-7H,8-9H2,1-3H3. The normalized spacial score (nSPS) is 18.5. The van der Waals surface area contributed by atoms with Crippen LogP contribution in [0.2, 0.25) is 0 Å². The van der Waals surface area contributed by atoms with Crippen molar-refractivity contribution >= 4 is 5.91 Å². The van der Waals surface area contributed by atoms with Crippen LogP contribution in [0.15, 0.2) is 18.2 Å². The lowest BCUT2D eigenvalue weighted by Gasteiger charge is -2.43. The van der Waals surface area contributed by atoms with Crippen LogP contribution >= 0.6 is 0 Å². The predicted molar refractivity (Wildman–Crippen MR) is 59.4 cm³/mol. The second-order valence-corrected chi connectivity index (χ2v) is 4.56. The van der Waals surface area contributed by atoms with Gasteiger partial charge in [-0.2, -0.15) is 0 Å². The van der Waals surface area contributed by atoms with E-state index in [1.54, 1.807) is 6.92 Å². The largest absolute Gasteiger partial charge is 0.333 e. The molecule has 0 bridgehead atoms. The van der Waals surface area contributed by atoms with Crippen LogP contribution in [0, 0.1) is 6.07 Å². The minimum atomic E-state index is -0.186. The van der Waals surface area contributed by atoms with Crippen molar-refractivity contribution < 1.29 is 4.79 Å². The Morgan fingerprint density at radius 3 is 2.93 bits per heavy atom. The smallest absolute Gasteiger partial charge is 0.220 e. The molecule has 0 unspecified atom stereocenters. The van der Waals surface area contributed by atoms with Crippen molar-refractivity contribution in [2.75, 3.05) is 6.54 Å². The van der Waals surface area contributed by atoms with Gasteiger partial charge in [-0.15, -0.1) is 0 Å². The average molecular weight is 202 g/mol. The summed E-state index contributed by atoms with van der Waals surface area (Å²) in [4.78, 5) is 13.5. The van der Waals surface area contributed by atoms with E-state index >= 15 is 0 Å². The first kappa shape index (κ1) is 10.2. The third kappa shape index (κ3) is 1.54. The number of amides is 1. The van der Waals surface area contributed by atoms with Gasteiger partial charge in [0.05, 0.1) is 5.54 Å². The van der Waals surface area contributed by atoms with Gasteiger partial charge in [-0.3, -0.25) is 4.79 Å². The molecule has 1 heterocycles. The number of hydrogen-bond acceptors (Lipinski definition) is 1. The van der Waals surface area contributed by atoms with Crippen molar-refractivity contribution in [3.05, 3.63) is 35.4 Å². The topological polar surface area (TPSA) is 20.3 Å². The number of nitrogens with zero attached hydrogens (tertiary/aromatic N) is 1. The van der Waals surface area contributed by atoms with Gasteiger partial charge in [-0.05, 0) is 37.5 Å². The van der Waals surface area contributed by atoms with E-state index in [0.29, 0.717) is 0 Å². The SMILES string of the molecule is CC(=O)N1CCc2c[c]ccc2C1(C)C. The Morgan fingerprint density at radius 2 is 2.27 bits per heavy atom. The van der Waals surface area contributed by atoms with Gasteiger partial charge < -0.3 is 4.90 Å². The van der Waals surface area contributed by atoms with Crippen molar-refractivity contribution in [1.29, 1.82) is 0 Å². The zero-order chi connectivity index (χ0) is 11.1. The summed E-state index contributed by atoms with van der Waals surface area (Å²) in [5.74, 6) is 0.151. The van der Waals surface area contributed by atoms with Crippen LogP contribution in [-0.4, -0.2) is 17.4 Å². The van der Waals surface area contributed by atoms with Gasteiger partial charge in [0.15, 0.2) is 0 Å². The Labute approximate surface area is 90.9 Å². The van der Waals surface area contributed by atoms with Crippen LogP contribution in [0.1, 0.15) is 31.9 Å². The van der Waals surface area contributed by atoms with Crippen molar-refractivity contribution in [3.8, 4) is 0 Å². The fraction of sp³-hybridized carbons (Fsp3) is 0.462. The molecule has 1 aliphatic heterocycles. The van der Waals surface area contributed by atoms with Gasteiger partial charge in [0.2, 0.25) is 5.91 Å². The minimum Gasteiger partial charge on any atom is -0.333 e. The molecule has 0 saturated heterocycles. The molecule has 0 saturated carbocycles. The van der Waals surface area contributed by atoms with Crippen LogP contribution in [0.5, 0.6) is 0 Å². The lowest BCUT2D eigenvalue weighted by Crippen LogP contribution is -2.49. The number of benzene rings is 1. The van der Waals surface area contributed by atoms with Crippen molar-refractivity contribution in [2.24, 2.45) is 0 Å². The first-order valence-corrected chi connectivity index (χ1v) is 5.31. The molecule has 0 fully saturated rings. The Hall–Kier alpha value is -1.31. The summed E-state index contributed by atoms with van der Waals surface area (Å²) < 4.78 is 0. The maximum absolute atomic E-state index is 11.5. The molecule has 1 amide bonds. The highest BCUT2D eigenvalue weighted by atomic mass is 16.2. The van der Waals surface area contributed by atoms with Gasteiger partial charge in [0, 0.05) is 13.5 Å². The van der Waals surface area contributed by atoms with Crippen LogP contribution in [0.25, 0.3) is 0 Å². The third-order valence-corrected chi connectivity index (χ3v) is 3.27. The van der Waals surface area contributed by atoms with Crippen molar-refractivity contribution in [3.63, 3.8) is 0 Å². The molecule has 0 N–H and O–H groups in total. The van der Waals surface area contributed by atoms with Crippen LogP contribution in [-0.2, 0) is 16.8 Å². The monoisotopic (exact) mass is 202 g/mol. The Kier molecular flexibility index (Phi) is 2.29. The summed E-state index contributed by atoms with van der Waals surface area (Å²) >= 11 is 0. The molecule has 0 aromatic heterocycles. The van der Waals surface area contributed by atoms with Crippen LogP contribution in [0.4, 0.5) is 0 Å². The molecule has 2 nitrogen and oxygen atoms in total. The Morgan fingerprint density at radius 1 is 1.53 bits per heavy atom. The zero-order valence-electron chi connectivity index (χ0n) is 9.50. The number of rotatable bonds is 0. The minimum absolute atomic E-state index is 0.151. The van der Waals surface area contributed by atoms with E-state index in [2.05, 4.69) is 26.0 Å². The number of fused-ring (bicyclic) bond motifs is 1. The van der Waals surface area contributed by atoms with Crippen LogP contribution < -0.4 is 0 Å². The van der Waals surface area contributed by atoms with E-state index < -0.39 is 0 Å².